The number of rotatable bonds is 0. The van der Waals surface area contributed by atoms with Crippen LogP contribution in [0, 0.1) is 0 Å². The molecular formula is C9H8OS. The fourth-order valence-electron chi connectivity index (χ4n) is 0.906. The first-order valence-electron chi connectivity index (χ1n) is 3.16. The molecule has 0 spiro atoms. The lowest BCUT2D eigenvalue weighted by molar-refractivity contribution is -0.0979. The summed E-state index contributed by atoms with van der Waals surface area (Å²) in [7, 11) is 0. The third-order valence-corrected chi connectivity index (χ3v) is 2.17. The van der Waals surface area contributed by atoms with Gasteiger partial charge in [0.05, 0.1) is 0 Å². The summed E-state index contributed by atoms with van der Waals surface area (Å²) in [5.74, 6) is 0. The van der Waals surface area contributed by atoms with Gasteiger partial charge in [0.2, 0.25) is 0 Å². The van der Waals surface area contributed by atoms with Gasteiger partial charge in [-0.15, -0.1) is 0 Å². The Bertz CT molecular complexity index is 297. The van der Waals surface area contributed by atoms with Gasteiger partial charge < -0.3 is 4.79 Å². The zero-order chi connectivity index (χ0) is 8.10. The highest BCUT2D eigenvalue weighted by Gasteiger charge is 1.87. The zero-order valence-corrected chi connectivity index (χ0v) is 6.80. The molecule has 0 fully saturated rings. The Morgan fingerprint density at radius 2 is 1.45 bits per heavy atom. The minimum absolute atomic E-state index is 1.35. The van der Waals surface area contributed by atoms with E-state index in [-0.39, 0.29) is 0 Å². The number of hydrogen-bond acceptors (Lipinski definition) is 2. The second-order valence-electron chi connectivity index (χ2n) is 2.00. The van der Waals surface area contributed by atoms with E-state index in [9.17, 15) is 0 Å². The summed E-state index contributed by atoms with van der Waals surface area (Å²) in [6, 6.07) is 8.39. The van der Waals surface area contributed by atoms with Crippen LogP contribution in [0.2, 0.25) is 0 Å². The van der Waals surface area contributed by atoms with Crippen molar-refractivity contribution >= 4 is 28.9 Å². The minimum Gasteiger partial charge on any atom is -0.307 e. The first kappa shape index (κ1) is 7.95. The monoisotopic (exact) mass is 164 g/mol. The SMILES string of the molecule is C=O.c1ccc2cscc2c1. The average molecular weight is 164 g/mol. The smallest absolute Gasteiger partial charge is 0.106 e. The highest BCUT2D eigenvalue weighted by atomic mass is 32.1. The standard InChI is InChI=1S/C8H6S.CH2O/c1-2-4-8-6-9-5-7(8)3-1;1-2/h1-6H;1H2. The molecule has 56 valence electrons. The molecule has 1 aromatic carbocycles. The Morgan fingerprint density at radius 3 is 1.91 bits per heavy atom. The van der Waals surface area contributed by atoms with Crippen molar-refractivity contribution < 1.29 is 4.79 Å². The summed E-state index contributed by atoms with van der Waals surface area (Å²) in [6.45, 7) is 2.00. The van der Waals surface area contributed by atoms with Crippen LogP contribution in [0.3, 0.4) is 0 Å². The van der Waals surface area contributed by atoms with Crippen LogP contribution in [0.4, 0.5) is 0 Å². The van der Waals surface area contributed by atoms with Crippen molar-refractivity contribution in [3.8, 4) is 0 Å². The number of fused-ring (bicyclic) bond motifs is 1. The van der Waals surface area contributed by atoms with E-state index in [1.54, 1.807) is 11.3 Å². The Balaban J connectivity index is 0.000000281. The normalized spacial score (nSPS) is 8.73. The lowest BCUT2D eigenvalue weighted by Crippen LogP contribution is -1.57. The van der Waals surface area contributed by atoms with Crippen molar-refractivity contribution in [2.75, 3.05) is 0 Å². The van der Waals surface area contributed by atoms with E-state index in [0.29, 0.717) is 0 Å². The van der Waals surface area contributed by atoms with Crippen molar-refractivity contribution in [2.24, 2.45) is 0 Å². The lowest BCUT2D eigenvalue weighted by atomic mass is 10.2. The van der Waals surface area contributed by atoms with E-state index in [2.05, 4.69) is 35.0 Å². The van der Waals surface area contributed by atoms with E-state index >= 15 is 0 Å². The van der Waals surface area contributed by atoms with E-state index < -0.39 is 0 Å². The molecule has 0 aliphatic rings. The molecule has 0 unspecified atom stereocenters. The van der Waals surface area contributed by atoms with Gasteiger partial charge in [0.15, 0.2) is 0 Å². The molecule has 1 heterocycles. The highest BCUT2D eigenvalue weighted by molar-refractivity contribution is 7.09. The second-order valence-corrected chi connectivity index (χ2v) is 2.74. The number of carbonyl (C=O) groups is 1. The molecular weight excluding hydrogens is 156 g/mol. The molecule has 0 amide bonds. The van der Waals surface area contributed by atoms with E-state index in [4.69, 9.17) is 4.79 Å². The molecule has 11 heavy (non-hydrogen) atoms. The number of benzene rings is 1. The molecule has 1 nitrogen and oxygen atoms in total. The largest absolute Gasteiger partial charge is 0.307 e. The molecule has 2 heteroatoms. The fraction of sp³-hybridized carbons (Fsp3) is 0. The van der Waals surface area contributed by atoms with Gasteiger partial charge in [0.25, 0.3) is 0 Å². The average Bonchev–Trinajstić information content (AvgIpc) is 2.55. The molecule has 0 N–H and O–H groups in total. The molecule has 0 bridgehead atoms. The lowest BCUT2D eigenvalue weighted by Gasteiger charge is -1.82. The molecule has 0 saturated carbocycles. The molecule has 0 aliphatic heterocycles. The van der Waals surface area contributed by atoms with Gasteiger partial charge in [-0.2, -0.15) is 11.3 Å². The molecule has 2 aromatic rings. The van der Waals surface area contributed by atoms with Gasteiger partial charge in [0.1, 0.15) is 6.79 Å². The Morgan fingerprint density at radius 1 is 1.00 bits per heavy atom. The third-order valence-electron chi connectivity index (χ3n) is 1.39. The van der Waals surface area contributed by atoms with Crippen molar-refractivity contribution in [3.05, 3.63) is 35.0 Å². The first-order valence-corrected chi connectivity index (χ1v) is 4.11. The maximum Gasteiger partial charge on any atom is 0.106 e. The van der Waals surface area contributed by atoms with Crippen LogP contribution in [-0.2, 0) is 4.79 Å². The van der Waals surface area contributed by atoms with E-state index in [1.165, 1.54) is 10.8 Å². The highest BCUT2D eigenvalue weighted by Crippen LogP contribution is 2.17. The van der Waals surface area contributed by atoms with Gasteiger partial charge in [-0.1, -0.05) is 24.3 Å². The van der Waals surface area contributed by atoms with E-state index in [1.807, 2.05) is 6.79 Å². The minimum atomic E-state index is 1.35. The topological polar surface area (TPSA) is 17.1 Å². The van der Waals surface area contributed by atoms with Crippen molar-refractivity contribution in [1.82, 2.24) is 0 Å². The van der Waals surface area contributed by atoms with Crippen LogP contribution in [0.15, 0.2) is 35.0 Å². The number of thiophene rings is 1. The number of carbonyl (C=O) groups excluding carboxylic acids is 1. The molecule has 0 saturated heterocycles. The maximum atomic E-state index is 8.00. The van der Waals surface area contributed by atoms with Crippen molar-refractivity contribution in [1.29, 1.82) is 0 Å². The van der Waals surface area contributed by atoms with Crippen LogP contribution in [-0.4, -0.2) is 6.79 Å². The van der Waals surface area contributed by atoms with Crippen molar-refractivity contribution in [3.63, 3.8) is 0 Å². The molecule has 0 aliphatic carbocycles. The molecule has 0 radical (unpaired) electrons. The van der Waals surface area contributed by atoms with Crippen LogP contribution >= 0.6 is 11.3 Å². The van der Waals surface area contributed by atoms with Crippen LogP contribution < -0.4 is 0 Å². The summed E-state index contributed by atoms with van der Waals surface area (Å²) in [4.78, 5) is 8.00. The van der Waals surface area contributed by atoms with Gasteiger partial charge in [-0.3, -0.25) is 0 Å². The molecule has 0 atom stereocenters. The predicted molar refractivity (Wildman–Crippen MR) is 48.9 cm³/mol. The quantitative estimate of drug-likeness (QED) is 0.585. The summed E-state index contributed by atoms with van der Waals surface area (Å²) in [6.07, 6.45) is 0. The summed E-state index contributed by atoms with van der Waals surface area (Å²) < 4.78 is 0. The number of hydrogen-bond donors (Lipinski definition) is 0. The van der Waals surface area contributed by atoms with Crippen LogP contribution in [0.25, 0.3) is 10.8 Å². The van der Waals surface area contributed by atoms with Crippen LogP contribution in [0.1, 0.15) is 0 Å². The Hall–Kier alpha value is -1.15. The zero-order valence-electron chi connectivity index (χ0n) is 5.99. The maximum absolute atomic E-state index is 8.00. The van der Waals surface area contributed by atoms with Gasteiger partial charge >= 0.3 is 0 Å². The summed E-state index contributed by atoms with van der Waals surface area (Å²) in [5, 5.41) is 7.02. The molecule has 1 aromatic heterocycles. The third kappa shape index (κ3) is 1.65. The van der Waals surface area contributed by atoms with Gasteiger partial charge in [0, 0.05) is 0 Å². The summed E-state index contributed by atoms with van der Waals surface area (Å²) >= 11 is 1.75. The molecule has 2 rings (SSSR count). The first-order chi connectivity index (χ1) is 5.47. The Kier molecular flexibility index (Phi) is 2.81. The van der Waals surface area contributed by atoms with Crippen molar-refractivity contribution in [2.45, 2.75) is 0 Å². The van der Waals surface area contributed by atoms with Crippen LogP contribution in [0.5, 0.6) is 0 Å². The fourth-order valence-corrected chi connectivity index (χ4v) is 1.70. The Labute approximate surface area is 69.3 Å². The van der Waals surface area contributed by atoms with Gasteiger partial charge in [-0.25, -0.2) is 0 Å². The second kappa shape index (κ2) is 3.88. The summed E-state index contributed by atoms with van der Waals surface area (Å²) in [5.41, 5.74) is 0. The van der Waals surface area contributed by atoms with Gasteiger partial charge in [-0.05, 0) is 21.5 Å². The van der Waals surface area contributed by atoms with E-state index in [0.717, 1.165) is 0 Å². The predicted octanol–water partition coefficient (Wildman–Crippen LogP) is 2.72.